The van der Waals surface area contributed by atoms with Crippen LogP contribution in [0.3, 0.4) is 0 Å². The molecule has 1 aliphatic heterocycles. The standard InChI is InChI=1S/C41H50N6O6/c1-40(2,3)53-39(51)45-41(4,5)38(50)43-33(27-52-26-29-15-9-6-10-16-29)36(48)44-34-25-47(28-42-34)35(32-19-13-8-14-20-32)37(49)46-23-21-31(22-24-46)30-17-11-7-12-18-30/h6-20,25,28,31,33,35H,21-24,26-27H2,1-5H3,(H,43,50)(H,44,48)(H,45,51). The highest BCUT2D eigenvalue weighted by Gasteiger charge is 2.35. The van der Waals surface area contributed by atoms with Gasteiger partial charge in [-0.2, -0.15) is 0 Å². The largest absolute Gasteiger partial charge is 0.444 e. The lowest BCUT2D eigenvalue weighted by Crippen LogP contribution is -2.59. The highest BCUT2D eigenvalue weighted by atomic mass is 16.6. The Hall–Kier alpha value is -5.49. The van der Waals surface area contributed by atoms with E-state index in [2.05, 4.69) is 33.1 Å². The minimum atomic E-state index is -1.43. The Morgan fingerprint density at radius 1 is 0.849 bits per heavy atom. The maximum Gasteiger partial charge on any atom is 0.408 e. The van der Waals surface area contributed by atoms with Gasteiger partial charge in [0.1, 0.15) is 23.2 Å². The molecule has 0 radical (unpaired) electrons. The number of hydrogen-bond acceptors (Lipinski definition) is 7. The highest BCUT2D eigenvalue weighted by molar-refractivity contribution is 5.98. The number of nitrogens with one attached hydrogen (secondary N) is 3. The minimum Gasteiger partial charge on any atom is -0.444 e. The van der Waals surface area contributed by atoms with E-state index < -0.39 is 41.1 Å². The summed E-state index contributed by atoms with van der Waals surface area (Å²) in [6, 6.07) is 27.4. The molecule has 1 aromatic heterocycles. The van der Waals surface area contributed by atoms with Gasteiger partial charge in [-0.05, 0) is 70.1 Å². The lowest BCUT2D eigenvalue weighted by molar-refractivity contribution is -0.134. The van der Waals surface area contributed by atoms with E-state index in [-0.39, 0.29) is 24.9 Å². The molecule has 4 aromatic rings. The molecule has 12 nitrogen and oxygen atoms in total. The molecule has 3 aromatic carbocycles. The lowest BCUT2D eigenvalue weighted by atomic mass is 9.89. The van der Waals surface area contributed by atoms with E-state index in [1.54, 1.807) is 31.5 Å². The molecule has 280 valence electrons. The van der Waals surface area contributed by atoms with Crippen LogP contribution in [-0.2, 0) is 30.5 Å². The van der Waals surface area contributed by atoms with Crippen molar-refractivity contribution in [1.82, 2.24) is 25.1 Å². The van der Waals surface area contributed by atoms with Crippen LogP contribution in [0.2, 0.25) is 0 Å². The molecule has 3 N–H and O–H groups in total. The second-order valence-corrected chi connectivity index (χ2v) is 14.8. The molecule has 2 heterocycles. The second kappa shape index (κ2) is 17.4. The van der Waals surface area contributed by atoms with Crippen molar-refractivity contribution >= 4 is 29.6 Å². The van der Waals surface area contributed by atoms with Gasteiger partial charge in [-0.1, -0.05) is 91.0 Å². The normalized spacial score (nSPS) is 14.8. The second-order valence-electron chi connectivity index (χ2n) is 14.8. The van der Waals surface area contributed by atoms with Crippen LogP contribution >= 0.6 is 0 Å². The van der Waals surface area contributed by atoms with Crippen LogP contribution in [0.5, 0.6) is 0 Å². The number of carbonyl (C=O) groups excluding carboxylic acids is 4. The summed E-state index contributed by atoms with van der Waals surface area (Å²) in [4.78, 5) is 60.2. The van der Waals surface area contributed by atoms with Gasteiger partial charge in [0.2, 0.25) is 11.8 Å². The highest BCUT2D eigenvalue weighted by Crippen LogP contribution is 2.30. The molecule has 12 heteroatoms. The molecule has 2 atom stereocenters. The lowest BCUT2D eigenvalue weighted by Gasteiger charge is -2.35. The van der Waals surface area contributed by atoms with Gasteiger partial charge in [-0.25, -0.2) is 9.78 Å². The molecule has 0 saturated carbocycles. The molecule has 1 saturated heterocycles. The zero-order valence-electron chi connectivity index (χ0n) is 31.1. The van der Waals surface area contributed by atoms with Crippen molar-refractivity contribution < 1.29 is 28.7 Å². The Morgan fingerprint density at radius 3 is 2.08 bits per heavy atom. The van der Waals surface area contributed by atoms with Gasteiger partial charge in [-0.15, -0.1) is 0 Å². The fourth-order valence-electron chi connectivity index (χ4n) is 6.17. The summed E-state index contributed by atoms with van der Waals surface area (Å²) < 4.78 is 12.9. The number of rotatable bonds is 13. The van der Waals surface area contributed by atoms with E-state index in [4.69, 9.17) is 9.47 Å². The Bertz CT molecular complexity index is 1820. The quantitative estimate of drug-likeness (QED) is 0.158. The topological polar surface area (TPSA) is 144 Å². The van der Waals surface area contributed by atoms with Crippen molar-refractivity contribution in [2.24, 2.45) is 0 Å². The van der Waals surface area contributed by atoms with Crippen LogP contribution in [0.4, 0.5) is 10.6 Å². The molecule has 0 bridgehead atoms. The van der Waals surface area contributed by atoms with Crippen molar-refractivity contribution in [3.63, 3.8) is 0 Å². The first-order valence-electron chi connectivity index (χ1n) is 18.0. The summed E-state index contributed by atoms with van der Waals surface area (Å²) in [5, 5.41) is 8.08. The van der Waals surface area contributed by atoms with Crippen molar-refractivity contribution in [2.45, 2.75) is 83.2 Å². The fraction of sp³-hybridized carbons (Fsp3) is 0.390. The van der Waals surface area contributed by atoms with Gasteiger partial charge in [0, 0.05) is 19.3 Å². The molecule has 2 unspecified atom stereocenters. The third-order valence-corrected chi connectivity index (χ3v) is 8.98. The fourth-order valence-corrected chi connectivity index (χ4v) is 6.17. The third kappa shape index (κ3) is 11.0. The number of amides is 4. The maximum atomic E-state index is 14.2. The van der Waals surface area contributed by atoms with Crippen LogP contribution in [0, 0.1) is 0 Å². The minimum absolute atomic E-state index is 0.0582. The zero-order valence-corrected chi connectivity index (χ0v) is 31.1. The number of anilines is 1. The number of ether oxygens (including phenoxy) is 2. The van der Waals surface area contributed by atoms with Gasteiger partial charge in [0.25, 0.3) is 5.91 Å². The van der Waals surface area contributed by atoms with Gasteiger partial charge >= 0.3 is 6.09 Å². The predicted molar refractivity (Wildman–Crippen MR) is 202 cm³/mol. The van der Waals surface area contributed by atoms with Crippen LogP contribution < -0.4 is 16.0 Å². The average Bonchev–Trinajstić information content (AvgIpc) is 3.59. The summed E-state index contributed by atoms with van der Waals surface area (Å²) in [5.74, 6) is -0.676. The van der Waals surface area contributed by atoms with E-state index in [1.807, 2.05) is 83.8 Å². The van der Waals surface area contributed by atoms with E-state index >= 15 is 0 Å². The summed E-state index contributed by atoms with van der Waals surface area (Å²) in [7, 11) is 0. The van der Waals surface area contributed by atoms with Crippen LogP contribution in [0.15, 0.2) is 104 Å². The summed E-state index contributed by atoms with van der Waals surface area (Å²) >= 11 is 0. The number of aromatic nitrogens is 2. The molecule has 1 aliphatic rings. The number of hydrogen-bond donors (Lipinski definition) is 3. The van der Waals surface area contributed by atoms with E-state index in [0.29, 0.717) is 19.0 Å². The van der Waals surface area contributed by atoms with E-state index in [0.717, 1.165) is 24.0 Å². The number of benzene rings is 3. The predicted octanol–water partition coefficient (Wildman–Crippen LogP) is 5.82. The number of likely N-dealkylation sites (tertiary alicyclic amines) is 1. The average molecular weight is 723 g/mol. The van der Waals surface area contributed by atoms with Gasteiger partial charge in [0.05, 0.1) is 19.5 Å². The van der Waals surface area contributed by atoms with Crippen molar-refractivity contribution in [1.29, 1.82) is 0 Å². The molecule has 1 fully saturated rings. The Balaban J connectivity index is 1.30. The molecule has 0 aliphatic carbocycles. The van der Waals surface area contributed by atoms with Crippen LogP contribution in [0.1, 0.15) is 76.1 Å². The molecular formula is C41H50N6O6. The van der Waals surface area contributed by atoms with Crippen LogP contribution in [-0.4, -0.2) is 75.1 Å². The van der Waals surface area contributed by atoms with Gasteiger partial charge in [-0.3, -0.25) is 14.4 Å². The van der Waals surface area contributed by atoms with Crippen molar-refractivity contribution in [3.05, 3.63) is 120 Å². The molecule has 5 rings (SSSR count). The first kappa shape index (κ1) is 38.7. The SMILES string of the molecule is CC(C)(C)OC(=O)NC(C)(C)C(=O)NC(COCc1ccccc1)C(=O)Nc1cn(C(C(=O)N2CCC(c3ccccc3)CC2)c2ccccc2)cn1. The first-order valence-corrected chi connectivity index (χ1v) is 18.0. The molecular weight excluding hydrogens is 672 g/mol. The molecule has 4 amide bonds. The smallest absolute Gasteiger partial charge is 0.408 e. The van der Waals surface area contributed by atoms with Crippen LogP contribution in [0.25, 0.3) is 0 Å². The number of piperidine rings is 1. The summed E-state index contributed by atoms with van der Waals surface area (Å²) in [6.07, 6.45) is 4.10. The number of alkyl carbamates (subject to hydrolysis) is 1. The monoisotopic (exact) mass is 722 g/mol. The molecule has 0 spiro atoms. The molecule has 53 heavy (non-hydrogen) atoms. The number of carbonyl (C=O) groups is 4. The number of imidazole rings is 1. The zero-order chi connectivity index (χ0) is 38.0. The van der Waals surface area contributed by atoms with Gasteiger partial charge < -0.3 is 34.9 Å². The number of nitrogens with zero attached hydrogens (tertiary/aromatic N) is 3. The van der Waals surface area contributed by atoms with E-state index in [1.165, 1.54) is 25.7 Å². The Labute approximate surface area is 311 Å². The Morgan fingerprint density at radius 2 is 1.45 bits per heavy atom. The summed E-state index contributed by atoms with van der Waals surface area (Å²) in [5.41, 5.74) is 0.774. The Kier molecular flexibility index (Phi) is 12.7. The first-order chi connectivity index (χ1) is 25.3. The van der Waals surface area contributed by atoms with Crippen molar-refractivity contribution in [3.8, 4) is 0 Å². The third-order valence-electron chi connectivity index (χ3n) is 8.98. The van der Waals surface area contributed by atoms with Gasteiger partial charge in [0.15, 0.2) is 5.82 Å². The summed E-state index contributed by atoms with van der Waals surface area (Å²) in [6.45, 7) is 9.48. The van der Waals surface area contributed by atoms with E-state index in [9.17, 15) is 19.2 Å². The maximum absolute atomic E-state index is 14.2. The van der Waals surface area contributed by atoms with Crippen molar-refractivity contribution in [2.75, 3.05) is 25.0 Å².